The summed E-state index contributed by atoms with van der Waals surface area (Å²) in [5.74, 6) is 0.958. The lowest BCUT2D eigenvalue weighted by molar-refractivity contribution is 0.357. The maximum absolute atomic E-state index is 3.86. The van der Waals surface area contributed by atoms with Crippen molar-refractivity contribution < 1.29 is 0 Å². The van der Waals surface area contributed by atoms with Crippen LogP contribution < -0.4 is 0 Å². The number of hydrogen-bond donors (Lipinski definition) is 0. The number of hydrogen-bond acceptors (Lipinski definition) is 1. The molecule has 9 heavy (non-hydrogen) atoms. The van der Waals surface area contributed by atoms with Gasteiger partial charge in [0.1, 0.15) is 0 Å². The standard InChI is InChI=1S/C8H13N/c1-3-8-4-7(8)5-9(2)6-8/h3,7H,1,4-6H2,2H3/t7-,8+/m0/s1. The fraction of sp³-hybridized carbons (Fsp3) is 0.750. The first-order valence-electron chi connectivity index (χ1n) is 3.59. The lowest BCUT2D eigenvalue weighted by Gasteiger charge is -2.11. The number of likely N-dealkylation sites (tertiary alicyclic amines) is 1. The highest BCUT2D eigenvalue weighted by molar-refractivity contribution is 5.18. The Morgan fingerprint density at radius 2 is 2.56 bits per heavy atom. The molecule has 1 heteroatoms. The minimum absolute atomic E-state index is 0.564. The Morgan fingerprint density at radius 3 is 2.89 bits per heavy atom. The molecule has 2 rings (SSSR count). The molecule has 2 aliphatic rings. The smallest absolute Gasteiger partial charge is 0.00729 e. The topological polar surface area (TPSA) is 3.24 Å². The van der Waals surface area contributed by atoms with E-state index in [0.29, 0.717) is 5.41 Å². The highest BCUT2D eigenvalue weighted by atomic mass is 15.2. The zero-order valence-electron chi connectivity index (χ0n) is 5.93. The predicted octanol–water partition coefficient (Wildman–Crippen LogP) is 1.12. The van der Waals surface area contributed by atoms with E-state index in [1.54, 1.807) is 0 Å². The van der Waals surface area contributed by atoms with Crippen LogP contribution in [0.2, 0.25) is 0 Å². The van der Waals surface area contributed by atoms with Gasteiger partial charge in [-0.25, -0.2) is 0 Å². The van der Waals surface area contributed by atoms with Crippen LogP contribution in [0, 0.1) is 11.3 Å². The maximum atomic E-state index is 3.86. The summed E-state index contributed by atoms with van der Waals surface area (Å²) in [4.78, 5) is 2.40. The summed E-state index contributed by atoms with van der Waals surface area (Å²) in [6.07, 6.45) is 3.56. The molecule has 0 amide bonds. The average Bonchev–Trinajstić information content (AvgIpc) is 2.38. The molecule has 0 N–H and O–H groups in total. The Kier molecular flexibility index (Phi) is 0.854. The molecule has 1 nitrogen and oxygen atoms in total. The van der Waals surface area contributed by atoms with Gasteiger partial charge in [-0.3, -0.25) is 0 Å². The van der Waals surface area contributed by atoms with Gasteiger partial charge in [0.15, 0.2) is 0 Å². The lowest BCUT2D eigenvalue weighted by Crippen LogP contribution is -2.18. The van der Waals surface area contributed by atoms with E-state index in [1.807, 2.05) is 0 Å². The van der Waals surface area contributed by atoms with Gasteiger partial charge in [0.2, 0.25) is 0 Å². The van der Waals surface area contributed by atoms with E-state index in [0.717, 1.165) is 5.92 Å². The van der Waals surface area contributed by atoms with E-state index in [9.17, 15) is 0 Å². The summed E-state index contributed by atoms with van der Waals surface area (Å²) in [5.41, 5.74) is 0.564. The van der Waals surface area contributed by atoms with E-state index in [2.05, 4.69) is 24.6 Å². The van der Waals surface area contributed by atoms with Crippen LogP contribution in [-0.2, 0) is 0 Å². The van der Waals surface area contributed by atoms with Crippen molar-refractivity contribution >= 4 is 0 Å². The third-order valence-electron chi connectivity index (χ3n) is 2.78. The fourth-order valence-electron chi connectivity index (χ4n) is 2.10. The first-order valence-corrected chi connectivity index (χ1v) is 3.59. The van der Waals surface area contributed by atoms with Crippen LogP contribution in [0.5, 0.6) is 0 Å². The molecular formula is C8H13N. The molecule has 1 aliphatic heterocycles. The Balaban J connectivity index is 2.13. The van der Waals surface area contributed by atoms with Crippen molar-refractivity contribution in [1.82, 2.24) is 4.90 Å². The molecule has 1 aliphatic carbocycles. The second-order valence-corrected chi connectivity index (χ2v) is 3.54. The van der Waals surface area contributed by atoms with Gasteiger partial charge in [0, 0.05) is 18.5 Å². The van der Waals surface area contributed by atoms with Crippen LogP contribution in [-0.4, -0.2) is 25.0 Å². The first-order chi connectivity index (χ1) is 4.27. The zero-order valence-corrected chi connectivity index (χ0v) is 5.93. The number of fused-ring (bicyclic) bond motifs is 1. The summed E-state index contributed by atoms with van der Waals surface area (Å²) in [5, 5.41) is 0. The summed E-state index contributed by atoms with van der Waals surface area (Å²) < 4.78 is 0. The number of nitrogens with zero attached hydrogens (tertiary/aromatic N) is 1. The summed E-state index contributed by atoms with van der Waals surface area (Å²) in [6.45, 7) is 6.41. The third kappa shape index (κ3) is 0.584. The Labute approximate surface area is 56.4 Å². The van der Waals surface area contributed by atoms with Gasteiger partial charge in [-0.2, -0.15) is 0 Å². The van der Waals surface area contributed by atoms with Crippen LogP contribution in [0.4, 0.5) is 0 Å². The van der Waals surface area contributed by atoms with Crippen LogP contribution in [0.3, 0.4) is 0 Å². The van der Waals surface area contributed by atoms with Gasteiger partial charge in [-0.15, -0.1) is 6.58 Å². The van der Waals surface area contributed by atoms with Crippen molar-refractivity contribution in [3.63, 3.8) is 0 Å². The molecule has 1 saturated carbocycles. The fourth-order valence-corrected chi connectivity index (χ4v) is 2.10. The molecule has 2 atom stereocenters. The Morgan fingerprint density at radius 1 is 1.78 bits per heavy atom. The Bertz CT molecular complexity index is 153. The molecule has 0 unspecified atom stereocenters. The molecule has 0 aromatic rings. The zero-order chi connectivity index (χ0) is 6.48. The SMILES string of the molecule is C=C[C@]12C[C@H]1CN(C)C2. The van der Waals surface area contributed by atoms with E-state index < -0.39 is 0 Å². The maximum Gasteiger partial charge on any atom is 0.00729 e. The van der Waals surface area contributed by atoms with Crippen LogP contribution in [0.15, 0.2) is 12.7 Å². The van der Waals surface area contributed by atoms with Crippen molar-refractivity contribution in [3.05, 3.63) is 12.7 Å². The molecule has 1 heterocycles. The van der Waals surface area contributed by atoms with Crippen molar-refractivity contribution in [3.8, 4) is 0 Å². The van der Waals surface area contributed by atoms with Crippen molar-refractivity contribution in [2.45, 2.75) is 6.42 Å². The van der Waals surface area contributed by atoms with Crippen molar-refractivity contribution in [1.29, 1.82) is 0 Å². The van der Waals surface area contributed by atoms with Crippen LogP contribution in [0.25, 0.3) is 0 Å². The minimum atomic E-state index is 0.564. The summed E-state index contributed by atoms with van der Waals surface area (Å²) in [6, 6.07) is 0. The molecule has 1 saturated heterocycles. The quantitative estimate of drug-likeness (QED) is 0.472. The lowest BCUT2D eigenvalue weighted by atomic mass is 10.1. The molecule has 0 bridgehead atoms. The molecule has 50 valence electrons. The van der Waals surface area contributed by atoms with Gasteiger partial charge in [0.05, 0.1) is 0 Å². The second kappa shape index (κ2) is 1.40. The third-order valence-corrected chi connectivity index (χ3v) is 2.78. The largest absolute Gasteiger partial charge is 0.305 e. The van der Waals surface area contributed by atoms with Crippen LogP contribution >= 0.6 is 0 Å². The molecule has 0 aromatic heterocycles. The predicted molar refractivity (Wildman–Crippen MR) is 38.2 cm³/mol. The molecule has 0 aromatic carbocycles. The minimum Gasteiger partial charge on any atom is -0.305 e. The second-order valence-electron chi connectivity index (χ2n) is 3.54. The number of piperidine rings is 1. The average molecular weight is 123 g/mol. The van der Waals surface area contributed by atoms with Crippen LogP contribution in [0.1, 0.15) is 6.42 Å². The molecule has 0 radical (unpaired) electrons. The van der Waals surface area contributed by atoms with Gasteiger partial charge in [0.25, 0.3) is 0 Å². The van der Waals surface area contributed by atoms with E-state index >= 15 is 0 Å². The summed E-state index contributed by atoms with van der Waals surface area (Å²) in [7, 11) is 2.19. The monoisotopic (exact) mass is 123 g/mol. The molecular weight excluding hydrogens is 110 g/mol. The number of rotatable bonds is 1. The van der Waals surface area contributed by atoms with E-state index in [4.69, 9.17) is 0 Å². The molecule has 0 spiro atoms. The normalized spacial score (nSPS) is 48.8. The van der Waals surface area contributed by atoms with E-state index in [1.165, 1.54) is 19.5 Å². The van der Waals surface area contributed by atoms with Crippen molar-refractivity contribution in [2.24, 2.45) is 11.3 Å². The van der Waals surface area contributed by atoms with Gasteiger partial charge < -0.3 is 4.90 Å². The van der Waals surface area contributed by atoms with Gasteiger partial charge in [-0.1, -0.05) is 6.08 Å². The summed E-state index contributed by atoms with van der Waals surface area (Å²) >= 11 is 0. The van der Waals surface area contributed by atoms with Crippen molar-refractivity contribution in [2.75, 3.05) is 20.1 Å². The van der Waals surface area contributed by atoms with E-state index in [-0.39, 0.29) is 0 Å². The molecule has 2 fully saturated rings. The first kappa shape index (κ1) is 5.48. The Hall–Kier alpha value is -0.300. The highest BCUT2D eigenvalue weighted by Crippen LogP contribution is 2.57. The van der Waals surface area contributed by atoms with Gasteiger partial charge >= 0.3 is 0 Å². The van der Waals surface area contributed by atoms with Gasteiger partial charge in [-0.05, 0) is 19.4 Å². The highest BCUT2D eigenvalue weighted by Gasteiger charge is 2.56.